The molecule has 0 atom stereocenters. The molecule has 0 spiro atoms. The van der Waals surface area contributed by atoms with E-state index in [4.69, 9.17) is 0 Å². The van der Waals surface area contributed by atoms with Crippen molar-refractivity contribution in [3.05, 3.63) is 70.7 Å². The minimum Gasteiger partial charge on any atom is -0.346 e. The molecule has 0 unspecified atom stereocenters. The normalized spacial score (nSPS) is 10.5. The van der Waals surface area contributed by atoms with Gasteiger partial charge in [-0.05, 0) is 43.2 Å². The van der Waals surface area contributed by atoms with Gasteiger partial charge in [0.05, 0.1) is 0 Å². The molecule has 3 aromatic rings. The zero-order chi connectivity index (χ0) is 17.8. The van der Waals surface area contributed by atoms with Crippen LogP contribution in [0.2, 0.25) is 0 Å². The topological polar surface area (TPSA) is 82.7 Å². The van der Waals surface area contributed by atoms with Gasteiger partial charge in [-0.3, -0.25) is 4.79 Å². The van der Waals surface area contributed by atoms with Gasteiger partial charge in [-0.1, -0.05) is 24.3 Å². The second-order valence-corrected chi connectivity index (χ2v) is 5.72. The zero-order valence-corrected chi connectivity index (χ0v) is 13.9. The number of aromatic amines is 1. The Kier molecular flexibility index (Phi) is 4.74. The van der Waals surface area contributed by atoms with Gasteiger partial charge in [0, 0.05) is 17.8 Å². The van der Waals surface area contributed by atoms with E-state index in [1.807, 2.05) is 32.0 Å². The molecule has 1 aromatic heterocycles. The predicted octanol–water partition coefficient (Wildman–Crippen LogP) is 3.23. The van der Waals surface area contributed by atoms with E-state index in [2.05, 4.69) is 26.0 Å². The van der Waals surface area contributed by atoms with Gasteiger partial charge in [0.25, 0.3) is 5.91 Å². The molecule has 0 aliphatic rings. The number of hydrogen-bond donors (Lipinski definition) is 3. The lowest BCUT2D eigenvalue weighted by atomic mass is 10.1. The van der Waals surface area contributed by atoms with Gasteiger partial charge >= 0.3 is 0 Å². The lowest BCUT2D eigenvalue weighted by Crippen LogP contribution is -2.24. The van der Waals surface area contributed by atoms with Gasteiger partial charge in [-0.15, -0.1) is 10.2 Å². The van der Waals surface area contributed by atoms with Gasteiger partial charge < -0.3 is 10.6 Å². The van der Waals surface area contributed by atoms with Crippen molar-refractivity contribution < 1.29 is 9.18 Å². The Bertz CT molecular complexity index is 906. The van der Waals surface area contributed by atoms with Crippen molar-refractivity contribution in [2.24, 2.45) is 0 Å². The van der Waals surface area contributed by atoms with Crippen molar-refractivity contribution in [3.8, 4) is 0 Å². The number of amides is 1. The Balaban J connectivity index is 1.71. The number of aromatic nitrogens is 3. The van der Waals surface area contributed by atoms with Crippen LogP contribution in [0.4, 0.5) is 15.9 Å². The highest BCUT2D eigenvalue weighted by Crippen LogP contribution is 2.20. The molecule has 0 aliphatic carbocycles. The van der Waals surface area contributed by atoms with Crippen LogP contribution in [0.1, 0.15) is 27.2 Å². The first-order valence-electron chi connectivity index (χ1n) is 7.81. The fraction of sp³-hybridized carbons (Fsp3) is 0.167. The van der Waals surface area contributed by atoms with E-state index in [9.17, 15) is 9.18 Å². The molecular formula is C18H18FN5O. The SMILES string of the molecule is Cc1ccc(Nc2n[nH]nc2C(=O)NCc2ccccc2F)cc1C. The van der Waals surface area contributed by atoms with Gasteiger partial charge in [0.15, 0.2) is 11.5 Å². The highest BCUT2D eigenvalue weighted by Gasteiger charge is 2.17. The summed E-state index contributed by atoms with van der Waals surface area (Å²) in [6, 6.07) is 12.1. The average Bonchev–Trinajstić information content (AvgIpc) is 3.05. The second-order valence-electron chi connectivity index (χ2n) is 5.72. The van der Waals surface area contributed by atoms with Crippen molar-refractivity contribution in [1.82, 2.24) is 20.7 Å². The first-order valence-corrected chi connectivity index (χ1v) is 7.81. The van der Waals surface area contributed by atoms with Crippen LogP contribution in [-0.4, -0.2) is 21.3 Å². The van der Waals surface area contributed by atoms with E-state index in [1.165, 1.54) is 11.6 Å². The fourth-order valence-electron chi connectivity index (χ4n) is 2.33. The number of hydrogen-bond acceptors (Lipinski definition) is 4. The maximum atomic E-state index is 13.6. The summed E-state index contributed by atoms with van der Waals surface area (Å²) in [4.78, 5) is 12.3. The van der Waals surface area contributed by atoms with E-state index in [0.29, 0.717) is 11.4 Å². The van der Waals surface area contributed by atoms with E-state index in [0.717, 1.165) is 11.3 Å². The molecule has 3 N–H and O–H groups in total. The number of halogens is 1. The van der Waals surface area contributed by atoms with Crippen LogP contribution in [0.5, 0.6) is 0 Å². The molecule has 0 saturated carbocycles. The van der Waals surface area contributed by atoms with Crippen LogP contribution in [0, 0.1) is 19.7 Å². The third kappa shape index (κ3) is 3.82. The Morgan fingerprint density at radius 3 is 2.68 bits per heavy atom. The largest absolute Gasteiger partial charge is 0.346 e. The zero-order valence-electron chi connectivity index (χ0n) is 13.9. The standard InChI is InChI=1S/C18H18FN5O/c1-11-7-8-14(9-12(11)2)21-17-16(22-24-23-17)18(25)20-10-13-5-3-4-6-15(13)19/h3-9H,10H2,1-2H3,(H,20,25)(H2,21,22,23,24). The van der Waals surface area contributed by atoms with Gasteiger partial charge in [0.1, 0.15) is 5.82 Å². The average molecular weight is 339 g/mol. The van der Waals surface area contributed by atoms with Crippen LogP contribution in [0.25, 0.3) is 0 Å². The molecule has 1 amide bonds. The molecule has 1 heterocycles. The summed E-state index contributed by atoms with van der Waals surface area (Å²) in [5.41, 5.74) is 3.63. The summed E-state index contributed by atoms with van der Waals surface area (Å²) >= 11 is 0. The molecule has 0 aliphatic heterocycles. The van der Waals surface area contributed by atoms with Crippen molar-refractivity contribution in [3.63, 3.8) is 0 Å². The van der Waals surface area contributed by atoms with Crippen LogP contribution in [0.3, 0.4) is 0 Å². The summed E-state index contributed by atoms with van der Waals surface area (Å²) in [6.45, 7) is 4.10. The summed E-state index contributed by atoms with van der Waals surface area (Å²) in [5, 5.41) is 16.0. The summed E-state index contributed by atoms with van der Waals surface area (Å²) < 4.78 is 13.6. The van der Waals surface area contributed by atoms with E-state index in [-0.39, 0.29) is 18.1 Å². The number of carbonyl (C=O) groups excluding carboxylic acids is 1. The van der Waals surface area contributed by atoms with Crippen LogP contribution in [0.15, 0.2) is 42.5 Å². The molecule has 3 rings (SSSR count). The first-order chi connectivity index (χ1) is 12.0. The Morgan fingerprint density at radius 2 is 1.92 bits per heavy atom. The van der Waals surface area contributed by atoms with Crippen molar-refractivity contribution in [2.45, 2.75) is 20.4 Å². The molecule has 25 heavy (non-hydrogen) atoms. The number of benzene rings is 2. The van der Waals surface area contributed by atoms with E-state index < -0.39 is 5.91 Å². The second kappa shape index (κ2) is 7.12. The van der Waals surface area contributed by atoms with Gasteiger partial charge in [-0.25, -0.2) is 4.39 Å². The van der Waals surface area contributed by atoms with Crippen molar-refractivity contribution in [1.29, 1.82) is 0 Å². The van der Waals surface area contributed by atoms with Crippen molar-refractivity contribution >= 4 is 17.4 Å². The molecule has 0 radical (unpaired) electrons. The number of rotatable bonds is 5. The molecule has 2 aromatic carbocycles. The maximum Gasteiger partial charge on any atom is 0.275 e. The third-order valence-corrected chi connectivity index (χ3v) is 3.93. The number of nitrogens with one attached hydrogen (secondary N) is 3. The summed E-state index contributed by atoms with van der Waals surface area (Å²) in [5.74, 6) is -0.492. The Morgan fingerprint density at radius 1 is 1.12 bits per heavy atom. The van der Waals surface area contributed by atoms with Gasteiger partial charge in [-0.2, -0.15) is 5.21 Å². The quantitative estimate of drug-likeness (QED) is 0.666. The molecule has 128 valence electrons. The number of carbonyl (C=O) groups is 1. The van der Waals surface area contributed by atoms with Crippen LogP contribution >= 0.6 is 0 Å². The molecule has 0 saturated heterocycles. The third-order valence-electron chi connectivity index (χ3n) is 3.93. The minimum absolute atomic E-state index is 0.0709. The predicted molar refractivity (Wildman–Crippen MR) is 93.2 cm³/mol. The van der Waals surface area contributed by atoms with E-state index >= 15 is 0 Å². The molecular weight excluding hydrogens is 321 g/mol. The van der Waals surface area contributed by atoms with Crippen LogP contribution in [-0.2, 0) is 6.54 Å². The Hall–Kier alpha value is -3.22. The lowest BCUT2D eigenvalue weighted by molar-refractivity contribution is 0.0946. The van der Waals surface area contributed by atoms with Gasteiger partial charge in [0.2, 0.25) is 0 Å². The first kappa shape index (κ1) is 16.6. The smallest absolute Gasteiger partial charge is 0.275 e. The lowest BCUT2D eigenvalue weighted by Gasteiger charge is -2.08. The molecule has 7 heteroatoms. The highest BCUT2D eigenvalue weighted by atomic mass is 19.1. The maximum absolute atomic E-state index is 13.6. The molecule has 6 nitrogen and oxygen atoms in total. The summed E-state index contributed by atoms with van der Waals surface area (Å²) in [7, 11) is 0. The van der Waals surface area contributed by atoms with E-state index in [1.54, 1.807) is 18.2 Å². The number of aryl methyl sites for hydroxylation is 2. The minimum atomic E-state index is -0.441. The highest BCUT2D eigenvalue weighted by molar-refractivity contribution is 5.97. The Labute approximate surface area is 144 Å². The molecule has 0 fully saturated rings. The summed E-state index contributed by atoms with van der Waals surface area (Å²) in [6.07, 6.45) is 0. The number of H-pyrrole nitrogens is 1. The van der Waals surface area contributed by atoms with Crippen LogP contribution < -0.4 is 10.6 Å². The number of anilines is 2. The fourth-order valence-corrected chi connectivity index (χ4v) is 2.33. The molecule has 0 bridgehead atoms. The monoisotopic (exact) mass is 339 g/mol. The van der Waals surface area contributed by atoms with Crippen molar-refractivity contribution in [2.75, 3.05) is 5.32 Å². The number of nitrogens with zero attached hydrogens (tertiary/aromatic N) is 2.